The summed E-state index contributed by atoms with van der Waals surface area (Å²) in [5.74, 6) is -1.07. The van der Waals surface area contributed by atoms with Crippen molar-refractivity contribution < 1.29 is 27.4 Å². The molecule has 0 amide bonds. The molecule has 1 aromatic carbocycles. The maximum absolute atomic E-state index is 12.6. The lowest BCUT2D eigenvalue weighted by Crippen LogP contribution is -2.40. The fraction of sp³-hybridized carbons (Fsp3) is 0.588. The summed E-state index contributed by atoms with van der Waals surface area (Å²) >= 11 is 0. The number of benzene rings is 1. The van der Waals surface area contributed by atoms with Crippen molar-refractivity contribution in [3.8, 4) is 5.75 Å². The van der Waals surface area contributed by atoms with Crippen molar-refractivity contribution in [2.45, 2.75) is 50.9 Å². The number of ether oxygens (including phenoxy) is 2. The molecule has 0 aromatic heterocycles. The minimum atomic E-state index is -4.15. The second-order valence-electron chi connectivity index (χ2n) is 5.98. The molecule has 1 atom stereocenters. The smallest absolute Gasteiger partial charge is 0.391 e. The van der Waals surface area contributed by atoms with Crippen LogP contribution in [0.3, 0.4) is 0 Å². The quantitative estimate of drug-likeness (QED) is 0.631. The zero-order valence-corrected chi connectivity index (χ0v) is 13.5. The van der Waals surface area contributed by atoms with Crippen molar-refractivity contribution in [1.29, 1.82) is 0 Å². The van der Waals surface area contributed by atoms with Crippen LogP contribution in [0.4, 0.5) is 13.2 Å². The van der Waals surface area contributed by atoms with Crippen LogP contribution in [0.2, 0.25) is 0 Å². The van der Waals surface area contributed by atoms with Crippen LogP contribution in [0, 0.1) is 5.92 Å². The minimum absolute atomic E-state index is 0.0143. The molecule has 0 heterocycles. The van der Waals surface area contributed by atoms with E-state index < -0.39 is 30.2 Å². The number of carbonyl (C=O) groups is 1. The predicted molar refractivity (Wildman–Crippen MR) is 82.4 cm³/mol. The minimum Gasteiger partial charge on any atom is -0.478 e. The molecule has 0 unspecified atom stereocenters. The van der Waals surface area contributed by atoms with E-state index in [0.29, 0.717) is 5.75 Å². The molecular formula is C17H22F3NO3. The number of alkyl halides is 3. The van der Waals surface area contributed by atoms with E-state index in [1.54, 1.807) is 19.1 Å². The highest BCUT2D eigenvalue weighted by Gasteiger charge is 2.42. The van der Waals surface area contributed by atoms with Crippen LogP contribution in [0.1, 0.15) is 32.6 Å². The number of hydrogen-bond donors (Lipinski definition) is 1. The van der Waals surface area contributed by atoms with Gasteiger partial charge in [0, 0.05) is 0 Å². The van der Waals surface area contributed by atoms with Gasteiger partial charge >= 0.3 is 12.1 Å². The number of carbonyl (C=O) groups excluding carboxylic acids is 1. The Morgan fingerprint density at radius 3 is 2.42 bits per heavy atom. The molecule has 1 N–H and O–H groups in total. The van der Waals surface area contributed by atoms with E-state index in [2.05, 4.69) is 5.32 Å². The van der Waals surface area contributed by atoms with Crippen molar-refractivity contribution in [2.75, 3.05) is 6.73 Å². The summed E-state index contributed by atoms with van der Waals surface area (Å²) in [6.07, 6.45) is -4.05. The van der Waals surface area contributed by atoms with Gasteiger partial charge in [0.25, 0.3) is 0 Å². The van der Waals surface area contributed by atoms with Gasteiger partial charge < -0.3 is 9.47 Å². The third kappa shape index (κ3) is 5.70. The molecular weight excluding hydrogens is 323 g/mol. The van der Waals surface area contributed by atoms with E-state index >= 15 is 0 Å². The second-order valence-corrected chi connectivity index (χ2v) is 5.98. The zero-order valence-electron chi connectivity index (χ0n) is 13.5. The number of nitrogens with one attached hydrogen (secondary N) is 1. The zero-order chi connectivity index (χ0) is 17.6. The Kier molecular flexibility index (Phi) is 6.48. The molecule has 0 aliphatic heterocycles. The molecule has 0 radical (unpaired) electrons. The second kappa shape index (κ2) is 8.37. The van der Waals surface area contributed by atoms with E-state index in [-0.39, 0.29) is 32.4 Å². The van der Waals surface area contributed by atoms with Gasteiger partial charge in [-0.05, 0) is 44.7 Å². The Morgan fingerprint density at radius 2 is 1.83 bits per heavy atom. The summed E-state index contributed by atoms with van der Waals surface area (Å²) in [7, 11) is 0. The van der Waals surface area contributed by atoms with Gasteiger partial charge in [0.2, 0.25) is 0 Å². The number of rotatable bonds is 6. The van der Waals surface area contributed by atoms with Crippen molar-refractivity contribution in [2.24, 2.45) is 5.92 Å². The monoisotopic (exact) mass is 345 g/mol. The Hall–Kier alpha value is -1.76. The molecule has 0 saturated heterocycles. The summed E-state index contributed by atoms with van der Waals surface area (Å²) in [5.41, 5.74) is 0. The van der Waals surface area contributed by atoms with Gasteiger partial charge in [-0.3, -0.25) is 10.1 Å². The van der Waals surface area contributed by atoms with E-state index in [1.807, 2.05) is 18.2 Å². The summed E-state index contributed by atoms with van der Waals surface area (Å²) in [5, 5.41) is 2.88. The fourth-order valence-corrected chi connectivity index (χ4v) is 2.62. The third-order valence-corrected chi connectivity index (χ3v) is 4.15. The molecule has 4 nitrogen and oxygen atoms in total. The average molecular weight is 345 g/mol. The van der Waals surface area contributed by atoms with E-state index in [4.69, 9.17) is 9.47 Å². The van der Waals surface area contributed by atoms with E-state index in [1.165, 1.54) is 0 Å². The molecule has 1 saturated carbocycles. The van der Waals surface area contributed by atoms with Crippen molar-refractivity contribution in [3.05, 3.63) is 30.3 Å². The van der Waals surface area contributed by atoms with Crippen LogP contribution < -0.4 is 10.1 Å². The third-order valence-electron chi connectivity index (χ3n) is 4.15. The summed E-state index contributed by atoms with van der Waals surface area (Å²) < 4.78 is 48.5. The Morgan fingerprint density at radius 1 is 1.21 bits per heavy atom. The van der Waals surface area contributed by atoms with Crippen molar-refractivity contribution in [3.63, 3.8) is 0 Å². The first kappa shape index (κ1) is 18.6. The molecule has 1 fully saturated rings. The van der Waals surface area contributed by atoms with Gasteiger partial charge in [0.05, 0.1) is 5.92 Å². The van der Waals surface area contributed by atoms with Gasteiger partial charge in [0.15, 0.2) is 0 Å². The largest absolute Gasteiger partial charge is 0.478 e. The van der Waals surface area contributed by atoms with Crippen LogP contribution in [0.25, 0.3) is 0 Å². The molecule has 0 spiro atoms. The predicted octanol–water partition coefficient (Wildman–Crippen LogP) is 3.67. The van der Waals surface area contributed by atoms with Crippen molar-refractivity contribution in [1.82, 2.24) is 5.32 Å². The van der Waals surface area contributed by atoms with Crippen LogP contribution in [-0.4, -0.2) is 31.0 Å². The number of esters is 1. The molecule has 7 heteroatoms. The first-order valence-corrected chi connectivity index (χ1v) is 8.04. The average Bonchev–Trinajstić information content (AvgIpc) is 2.55. The van der Waals surface area contributed by atoms with Crippen LogP contribution in [0.15, 0.2) is 30.3 Å². The van der Waals surface area contributed by atoms with Gasteiger partial charge in [-0.15, -0.1) is 0 Å². The summed E-state index contributed by atoms with van der Waals surface area (Å²) in [6, 6.07) is 8.55. The first-order chi connectivity index (χ1) is 11.4. The van der Waals surface area contributed by atoms with Gasteiger partial charge in [-0.1, -0.05) is 18.2 Å². The molecule has 134 valence electrons. The highest BCUT2D eigenvalue weighted by molar-refractivity contribution is 5.75. The highest BCUT2D eigenvalue weighted by Crippen LogP contribution is 2.38. The number of halogens is 3. The summed E-state index contributed by atoms with van der Waals surface area (Å²) in [4.78, 5) is 12.0. The van der Waals surface area contributed by atoms with Gasteiger partial charge in [-0.25, -0.2) is 0 Å². The maximum atomic E-state index is 12.6. The van der Waals surface area contributed by atoms with Crippen LogP contribution >= 0.6 is 0 Å². The SMILES string of the molecule is C[C@H](NCOc1ccccc1)C(=O)OC1CCC(C(F)(F)F)CC1. The first-order valence-electron chi connectivity index (χ1n) is 8.04. The van der Waals surface area contributed by atoms with Crippen LogP contribution in [-0.2, 0) is 9.53 Å². The lowest BCUT2D eigenvalue weighted by atomic mass is 9.87. The lowest BCUT2D eigenvalue weighted by Gasteiger charge is -2.30. The molecule has 1 aliphatic rings. The molecule has 2 rings (SSSR count). The van der Waals surface area contributed by atoms with Gasteiger partial charge in [-0.2, -0.15) is 13.2 Å². The summed E-state index contributed by atoms with van der Waals surface area (Å²) in [6.45, 7) is 1.78. The van der Waals surface area contributed by atoms with E-state index in [0.717, 1.165) is 0 Å². The Balaban J connectivity index is 1.67. The Labute approximate surface area is 139 Å². The lowest BCUT2D eigenvalue weighted by molar-refractivity contribution is -0.189. The Bertz CT molecular complexity index is 514. The maximum Gasteiger partial charge on any atom is 0.391 e. The van der Waals surface area contributed by atoms with Gasteiger partial charge in [0.1, 0.15) is 24.6 Å². The van der Waals surface area contributed by atoms with Crippen molar-refractivity contribution >= 4 is 5.97 Å². The highest BCUT2D eigenvalue weighted by atomic mass is 19.4. The number of hydrogen-bond acceptors (Lipinski definition) is 4. The fourth-order valence-electron chi connectivity index (χ4n) is 2.62. The normalized spacial score (nSPS) is 22.7. The topological polar surface area (TPSA) is 47.6 Å². The van der Waals surface area contributed by atoms with E-state index in [9.17, 15) is 18.0 Å². The molecule has 1 aliphatic carbocycles. The number of para-hydroxylation sites is 1. The molecule has 1 aromatic rings. The molecule has 24 heavy (non-hydrogen) atoms. The molecule has 0 bridgehead atoms. The standard InChI is InChI=1S/C17H22F3NO3/c1-12(21-11-23-14-5-3-2-4-6-14)16(22)24-15-9-7-13(8-10-15)17(18,19)20/h2-6,12-13,15,21H,7-11H2,1H3/t12-,13?,15?/m0/s1. The van der Waals surface area contributed by atoms with Crippen LogP contribution in [0.5, 0.6) is 5.75 Å².